The zero-order valence-electron chi connectivity index (χ0n) is 19.5. The van der Waals surface area contributed by atoms with Crippen molar-refractivity contribution in [3.05, 3.63) is 47.2 Å². The van der Waals surface area contributed by atoms with Crippen molar-refractivity contribution < 1.29 is 4.79 Å². The molecule has 3 N–H and O–H groups in total. The second kappa shape index (κ2) is 10.1. The number of thioether (sulfide) groups is 1. The van der Waals surface area contributed by atoms with Gasteiger partial charge in [-0.15, -0.1) is 11.3 Å². The van der Waals surface area contributed by atoms with Crippen LogP contribution in [-0.4, -0.2) is 30.6 Å². The van der Waals surface area contributed by atoms with Crippen molar-refractivity contribution in [1.82, 2.24) is 19.1 Å². The Labute approximate surface area is 199 Å². The maximum Gasteiger partial charge on any atom is 0.329 e. The summed E-state index contributed by atoms with van der Waals surface area (Å²) in [6.45, 7) is 10.5. The first-order valence-electron chi connectivity index (χ1n) is 10.9. The highest BCUT2D eigenvalue weighted by atomic mass is 32.2. The van der Waals surface area contributed by atoms with Gasteiger partial charge in [0.25, 0.3) is 11.1 Å². The summed E-state index contributed by atoms with van der Waals surface area (Å²) in [5.74, 6) is -0.707. The third kappa shape index (κ3) is 4.98. The molecule has 0 amide bonds. The number of Topliss-reactive ketones (excluding diaryl/α,β-unsaturated/α-hetero) is 1. The van der Waals surface area contributed by atoms with Crippen LogP contribution in [0.15, 0.2) is 19.5 Å². The molecule has 0 saturated carbocycles. The molecular formula is C22H29N5O4S2. The molecule has 3 aromatic heterocycles. The highest BCUT2D eigenvalue weighted by Gasteiger charge is 2.22. The maximum atomic E-state index is 13.2. The first-order chi connectivity index (χ1) is 15.6. The number of rotatable bonds is 9. The number of anilines is 1. The topological polar surface area (TPSA) is 133 Å². The van der Waals surface area contributed by atoms with Gasteiger partial charge in [0.1, 0.15) is 16.2 Å². The van der Waals surface area contributed by atoms with Crippen LogP contribution in [0.3, 0.4) is 0 Å². The Balaban J connectivity index is 1.99. The lowest BCUT2D eigenvalue weighted by atomic mass is 10.2. The van der Waals surface area contributed by atoms with Crippen LogP contribution >= 0.6 is 23.1 Å². The van der Waals surface area contributed by atoms with Gasteiger partial charge in [-0.2, -0.15) is 0 Å². The van der Waals surface area contributed by atoms with Crippen LogP contribution in [0, 0.1) is 19.8 Å². The van der Waals surface area contributed by atoms with Crippen LogP contribution in [-0.2, 0) is 13.1 Å². The van der Waals surface area contributed by atoms with Crippen LogP contribution in [0.25, 0.3) is 10.2 Å². The zero-order chi connectivity index (χ0) is 24.4. The van der Waals surface area contributed by atoms with Crippen molar-refractivity contribution in [3.8, 4) is 0 Å². The lowest BCUT2D eigenvalue weighted by Gasteiger charge is -2.14. The van der Waals surface area contributed by atoms with Crippen molar-refractivity contribution in [2.24, 2.45) is 5.92 Å². The van der Waals surface area contributed by atoms with E-state index in [-0.39, 0.29) is 35.2 Å². The highest BCUT2D eigenvalue weighted by molar-refractivity contribution is 7.99. The molecule has 9 nitrogen and oxygen atoms in total. The Morgan fingerprint density at radius 2 is 1.91 bits per heavy atom. The predicted octanol–water partition coefficient (Wildman–Crippen LogP) is 2.94. The number of nitrogens with zero attached hydrogens (tertiary/aromatic N) is 3. The van der Waals surface area contributed by atoms with Crippen molar-refractivity contribution in [1.29, 1.82) is 0 Å². The van der Waals surface area contributed by atoms with Gasteiger partial charge in [0.05, 0.1) is 11.1 Å². The van der Waals surface area contributed by atoms with Gasteiger partial charge in [-0.25, -0.2) is 9.78 Å². The van der Waals surface area contributed by atoms with Gasteiger partial charge in [0, 0.05) is 18.0 Å². The SMILES string of the molecule is CCCCn1c(SCC(=O)c2c(N)n(CC(C)C)c(=O)[nH]c2=O)nc2sc(C)c(C)c2c1=O. The smallest absolute Gasteiger partial charge is 0.329 e. The Hall–Kier alpha value is -2.66. The van der Waals surface area contributed by atoms with E-state index in [9.17, 15) is 19.2 Å². The predicted molar refractivity (Wildman–Crippen MR) is 134 cm³/mol. The average molecular weight is 492 g/mol. The summed E-state index contributed by atoms with van der Waals surface area (Å²) >= 11 is 2.55. The third-order valence-electron chi connectivity index (χ3n) is 5.39. The molecule has 0 spiro atoms. The molecule has 178 valence electrons. The van der Waals surface area contributed by atoms with E-state index in [0.717, 1.165) is 35.0 Å². The van der Waals surface area contributed by atoms with Crippen LogP contribution in [0.1, 0.15) is 54.4 Å². The van der Waals surface area contributed by atoms with Gasteiger partial charge >= 0.3 is 5.69 Å². The monoisotopic (exact) mass is 491 g/mol. The fourth-order valence-electron chi connectivity index (χ4n) is 3.54. The van der Waals surface area contributed by atoms with E-state index >= 15 is 0 Å². The molecule has 0 aliphatic carbocycles. The minimum atomic E-state index is -0.806. The normalized spacial score (nSPS) is 11.6. The second-order valence-electron chi connectivity index (χ2n) is 8.40. The number of unbranched alkanes of at least 4 members (excludes halogenated alkanes) is 1. The summed E-state index contributed by atoms with van der Waals surface area (Å²) in [4.78, 5) is 59.3. The number of thiophene rings is 1. The molecule has 0 aliphatic rings. The van der Waals surface area contributed by atoms with E-state index in [1.807, 2.05) is 34.6 Å². The van der Waals surface area contributed by atoms with E-state index in [4.69, 9.17) is 5.73 Å². The fourth-order valence-corrected chi connectivity index (χ4v) is 5.51. The first kappa shape index (κ1) is 25.0. The molecule has 0 radical (unpaired) electrons. The van der Waals surface area contributed by atoms with Crippen LogP contribution < -0.4 is 22.5 Å². The van der Waals surface area contributed by atoms with Gasteiger partial charge in [0.2, 0.25) is 0 Å². The molecule has 3 heterocycles. The number of hydrogen-bond donors (Lipinski definition) is 2. The number of nitrogens with two attached hydrogens (primary N) is 1. The van der Waals surface area contributed by atoms with Gasteiger partial charge in [-0.05, 0) is 31.7 Å². The number of nitrogens with one attached hydrogen (secondary N) is 1. The van der Waals surface area contributed by atoms with Gasteiger partial charge in [-0.3, -0.25) is 28.5 Å². The molecule has 0 unspecified atom stereocenters. The van der Waals surface area contributed by atoms with Crippen LogP contribution in [0.4, 0.5) is 5.82 Å². The largest absolute Gasteiger partial charge is 0.384 e. The summed E-state index contributed by atoms with van der Waals surface area (Å²) in [5, 5.41) is 1.05. The Morgan fingerprint density at radius 3 is 2.55 bits per heavy atom. The molecule has 11 heteroatoms. The number of fused-ring (bicyclic) bond motifs is 1. The number of aryl methyl sites for hydroxylation is 2. The number of aromatic nitrogens is 4. The Bertz CT molecular complexity index is 1380. The van der Waals surface area contributed by atoms with E-state index in [1.165, 1.54) is 15.9 Å². The molecule has 0 bridgehead atoms. The van der Waals surface area contributed by atoms with E-state index < -0.39 is 17.0 Å². The second-order valence-corrected chi connectivity index (χ2v) is 10.5. The standard InChI is InChI=1S/C22H29N5O4S2/c1-6-7-8-26-20(30)15-12(4)13(5)33-19(15)25-22(26)32-10-14(28)16-17(23)27(9-11(2)3)21(31)24-18(16)29/h11H,6-10,23H2,1-5H3,(H,24,29,31). The molecule has 0 aliphatic heterocycles. The number of ketones is 1. The van der Waals surface area contributed by atoms with Crippen molar-refractivity contribution >= 4 is 44.9 Å². The van der Waals surface area contributed by atoms with Gasteiger partial charge < -0.3 is 5.73 Å². The van der Waals surface area contributed by atoms with Crippen LogP contribution in [0.5, 0.6) is 0 Å². The molecule has 0 fully saturated rings. The molecule has 0 atom stereocenters. The lowest BCUT2D eigenvalue weighted by molar-refractivity contribution is 0.102. The Morgan fingerprint density at radius 1 is 1.21 bits per heavy atom. The van der Waals surface area contributed by atoms with Gasteiger partial charge in [-0.1, -0.05) is 39.0 Å². The zero-order valence-corrected chi connectivity index (χ0v) is 21.1. The minimum Gasteiger partial charge on any atom is -0.384 e. The summed E-state index contributed by atoms with van der Waals surface area (Å²) in [6.07, 6.45) is 1.70. The molecule has 33 heavy (non-hydrogen) atoms. The maximum absolute atomic E-state index is 13.2. The quantitative estimate of drug-likeness (QED) is 0.267. The molecule has 3 rings (SSSR count). The summed E-state index contributed by atoms with van der Waals surface area (Å²) in [5.41, 5.74) is 5.18. The highest BCUT2D eigenvalue weighted by Crippen LogP contribution is 2.28. The summed E-state index contributed by atoms with van der Waals surface area (Å²) in [6, 6.07) is 0. The number of aromatic amines is 1. The van der Waals surface area contributed by atoms with E-state index in [2.05, 4.69) is 9.97 Å². The molecule has 0 saturated heterocycles. The fraction of sp³-hybridized carbons (Fsp3) is 0.500. The molecule has 0 aromatic carbocycles. The van der Waals surface area contributed by atoms with E-state index in [1.54, 1.807) is 4.57 Å². The number of carbonyl (C=O) groups is 1. The number of H-pyrrole nitrogens is 1. The first-order valence-corrected chi connectivity index (χ1v) is 12.7. The number of nitrogen functional groups attached to an aromatic ring is 1. The lowest BCUT2D eigenvalue weighted by Crippen LogP contribution is -2.37. The van der Waals surface area contributed by atoms with Gasteiger partial charge in [0.15, 0.2) is 10.9 Å². The molecule has 3 aromatic rings. The van der Waals surface area contributed by atoms with Crippen molar-refractivity contribution in [2.45, 2.75) is 65.7 Å². The van der Waals surface area contributed by atoms with Crippen molar-refractivity contribution in [2.75, 3.05) is 11.5 Å². The minimum absolute atomic E-state index is 0.0925. The average Bonchev–Trinajstić information content (AvgIpc) is 3.02. The summed E-state index contributed by atoms with van der Waals surface area (Å²) in [7, 11) is 0. The Kier molecular flexibility index (Phi) is 7.63. The van der Waals surface area contributed by atoms with Crippen LogP contribution in [0.2, 0.25) is 0 Å². The summed E-state index contributed by atoms with van der Waals surface area (Å²) < 4.78 is 2.82. The van der Waals surface area contributed by atoms with Crippen molar-refractivity contribution in [3.63, 3.8) is 0 Å². The number of carbonyl (C=O) groups excluding carboxylic acids is 1. The third-order valence-corrected chi connectivity index (χ3v) is 7.47. The van der Waals surface area contributed by atoms with E-state index in [0.29, 0.717) is 21.9 Å². The molecular weight excluding hydrogens is 462 g/mol. The number of hydrogen-bond acceptors (Lipinski definition) is 8.